The van der Waals surface area contributed by atoms with E-state index in [1.165, 1.54) is 11.8 Å². The van der Waals surface area contributed by atoms with Gasteiger partial charge >= 0.3 is 0 Å². The van der Waals surface area contributed by atoms with Gasteiger partial charge in [-0.25, -0.2) is 8.78 Å². The second kappa shape index (κ2) is 7.81. The quantitative estimate of drug-likeness (QED) is 0.795. The Morgan fingerprint density at radius 1 is 1.37 bits per heavy atom. The second-order valence-electron chi connectivity index (χ2n) is 6.51. The Hall–Kier alpha value is -2.84. The predicted octanol–water partition coefficient (Wildman–Crippen LogP) is 1.96. The molecule has 0 saturated carbocycles. The first-order chi connectivity index (χ1) is 12.8. The van der Waals surface area contributed by atoms with Gasteiger partial charge in [-0.15, -0.1) is 0 Å². The summed E-state index contributed by atoms with van der Waals surface area (Å²) >= 11 is 0. The van der Waals surface area contributed by atoms with E-state index in [-0.39, 0.29) is 17.5 Å². The van der Waals surface area contributed by atoms with E-state index in [1.54, 1.807) is 11.8 Å². The van der Waals surface area contributed by atoms with Crippen LogP contribution in [0.1, 0.15) is 35.4 Å². The Labute approximate surface area is 154 Å². The third kappa shape index (κ3) is 4.29. The first-order valence-corrected chi connectivity index (χ1v) is 8.66. The molecule has 0 spiro atoms. The first-order valence-electron chi connectivity index (χ1n) is 8.66. The average Bonchev–Trinajstić information content (AvgIpc) is 3.24. The summed E-state index contributed by atoms with van der Waals surface area (Å²) in [5, 5.41) is 3.81. The molecule has 0 aliphatic carbocycles. The summed E-state index contributed by atoms with van der Waals surface area (Å²) in [7, 11) is 0. The number of hydrogen-bond acceptors (Lipinski definition) is 5. The van der Waals surface area contributed by atoms with Crippen molar-refractivity contribution in [1.82, 2.24) is 19.9 Å². The number of aryl methyl sites for hydroxylation is 1. The van der Waals surface area contributed by atoms with Gasteiger partial charge in [-0.05, 0) is 18.6 Å². The highest BCUT2D eigenvalue weighted by atomic mass is 19.1. The maximum atomic E-state index is 13.9. The average molecular weight is 378 g/mol. The van der Waals surface area contributed by atoms with Crippen LogP contribution in [0.15, 0.2) is 22.7 Å². The Kier molecular flexibility index (Phi) is 5.48. The molecule has 7 nitrogen and oxygen atoms in total. The summed E-state index contributed by atoms with van der Waals surface area (Å²) in [4.78, 5) is 31.8. The number of carbonyl (C=O) groups excluding carboxylic acids is 2. The maximum absolute atomic E-state index is 13.9. The number of aromatic nitrogens is 2. The lowest BCUT2D eigenvalue weighted by Crippen LogP contribution is -2.42. The van der Waals surface area contributed by atoms with Crippen LogP contribution >= 0.6 is 0 Å². The molecule has 0 bridgehead atoms. The van der Waals surface area contributed by atoms with Crippen LogP contribution < -0.4 is 0 Å². The van der Waals surface area contributed by atoms with Gasteiger partial charge in [0.1, 0.15) is 11.6 Å². The Balaban J connectivity index is 1.65. The highest BCUT2D eigenvalue weighted by molar-refractivity contribution is 5.94. The van der Waals surface area contributed by atoms with Gasteiger partial charge in [-0.3, -0.25) is 9.59 Å². The molecule has 144 valence electrons. The molecule has 2 amide bonds. The van der Waals surface area contributed by atoms with E-state index in [4.69, 9.17) is 4.52 Å². The molecule has 1 saturated heterocycles. The van der Waals surface area contributed by atoms with E-state index in [0.717, 1.165) is 12.1 Å². The third-order valence-electron chi connectivity index (χ3n) is 4.60. The topological polar surface area (TPSA) is 79.5 Å². The monoisotopic (exact) mass is 378 g/mol. The van der Waals surface area contributed by atoms with Crippen molar-refractivity contribution < 1.29 is 22.9 Å². The highest BCUT2D eigenvalue weighted by Crippen LogP contribution is 2.20. The number of nitrogens with zero attached hydrogens (tertiary/aromatic N) is 4. The molecule has 2 heterocycles. The molecule has 27 heavy (non-hydrogen) atoms. The van der Waals surface area contributed by atoms with Crippen LogP contribution in [-0.2, 0) is 11.2 Å². The molecule has 1 atom stereocenters. The Bertz CT molecular complexity index is 855. The summed E-state index contributed by atoms with van der Waals surface area (Å²) < 4.78 is 31.8. The van der Waals surface area contributed by atoms with Gasteiger partial charge in [0.25, 0.3) is 5.91 Å². The van der Waals surface area contributed by atoms with E-state index in [2.05, 4.69) is 10.1 Å². The van der Waals surface area contributed by atoms with Crippen LogP contribution in [0.5, 0.6) is 0 Å². The second-order valence-corrected chi connectivity index (χ2v) is 6.51. The first kappa shape index (κ1) is 18.9. The highest BCUT2D eigenvalue weighted by Gasteiger charge is 2.33. The SMILES string of the molecule is CC(=O)N(CCc1noc(C)n1)C1CCN(C(=O)c2ccc(F)cc2F)C1. The molecule has 1 aliphatic rings. The molecular weight excluding hydrogens is 358 g/mol. The fourth-order valence-electron chi connectivity index (χ4n) is 3.27. The molecule has 1 fully saturated rings. The van der Waals surface area contributed by atoms with Crippen LogP contribution in [0.4, 0.5) is 8.78 Å². The summed E-state index contributed by atoms with van der Waals surface area (Å²) in [5.41, 5.74) is -0.173. The maximum Gasteiger partial charge on any atom is 0.256 e. The number of hydrogen-bond donors (Lipinski definition) is 0. The fraction of sp³-hybridized carbons (Fsp3) is 0.444. The molecule has 0 N–H and O–H groups in total. The van der Waals surface area contributed by atoms with E-state index in [9.17, 15) is 18.4 Å². The molecule has 2 aromatic rings. The predicted molar refractivity (Wildman–Crippen MR) is 90.8 cm³/mol. The van der Waals surface area contributed by atoms with E-state index >= 15 is 0 Å². The van der Waals surface area contributed by atoms with Crippen molar-refractivity contribution in [3.05, 3.63) is 47.1 Å². The summed E-state index contributed by atoms with van der Waals surface area (Å²) in [6, 6.07) is 2.71. The van der Waals surface area contributed by atoms with Crippen LogP contribution in [0.2, 0.25) is 0 Å². The molecule has 1 aromatic carbocycles. The van der Waals surface area contributed by atoms with Crippen molar-refractivity contribution in [2.45, 2.75) is 32.7 Å². The molecule has 0 radical (unpaired) electrons. The third-order valence-corrected chi connectivity index (χ3v) is 4.60. The van der Waals surface area contributed by atoms with Gasteiger partial charge in [-0.2, -0.15) is 4.98 Å². The van der Waals surface area contributed by atoms with Gasteiger partial charge in [-0.1, -0.05) is 5.16 Å². The normalized spacial score (nSPS) is 16.6. The molecule has 9 heteroatoms. The summed E-state index contributed by atoms with van der Waals surface area (Å²) in [6.45, 7) is 4.23. The zero-order valence-corrected chi connectivity index (χ0v) is 15.1. The minimum atomic E-state index is -0.889. The van der Waals surface area contributed by atoms with Gasteiger partial charge in [0.15, 0.2) is 5.82 Å². The smallest absolute Gasteiger partial charge is 0.256 e. The number of carbonyl (C=O) groups is 2. The number of amides is 2. The number of likely N-dealkylation sites (tertiary alicyclic amines) is 1. The van der Waals surface area contributed by atoms with Gasteiger partial charge in [0.05, 0.1) is 11.6 Å². The van der Waals surface area contributed by atoms with Crippen molar-refractivity contribution >= 4 is 11.8 Å². The van der Waals surface area contributed by atoms with Crippen LogP contribution in [0, 0.1) is 18.6 Å². The Morgan fingerprint density at radius 2 is 2.15 bits per heavy atom. The molecule has 3 rings (SSSR count). The minimum absolute atomic E-state index is 0.123. The zero-order valence-electron chi connectivity index (χ0n) is 15.1. The van der Waals surface area contributed by atoms with Crippen molar-refractivity contribution in [3.63, 3.8) is 0 Å². The minimum Gasteiger partial charge on any atom is -0.340 e. The number of halogens is 2. The van der Waals surface area contributed by atoms with Crippen LogP contribution in [0.25, 0.3) is 0 Å². The number of benzene rings is 1. The lowest BCUT2D eigenvalue weighted by atomic mass is 10.2. The van der Waals surface area contributed by atoms with Crippen molar-refractivity contribution in [3.8, 4) is 0 Å². The van der Waals surface area contributed by atoms with Crippen molar-refractivity contribution in [2.24, 2.45) is 0 Å². The van der Waals surface area contributed by atoms with Crippen molar-refractivity contribution in [1.29, 1.82) is 0 Å². The van der Waals surface area contributed by atoms with E-state index in [0.29, 0.717) is 50.3 Å². The molecule has 1 aromatic heterocycles. The van der Waals surface area contributed by atoms with Gasteiger partial charge < -0.3 is 14.3 Å². The number of rotatable bonds is 5. The van der Waals surface area contributed by atoms with E-state index in [1.807, 2.05) is 0 Å². The van der Waals surface area contributed by atoms with Crippen LogP contribution in [0.3, 0.4) is 0 Å². The van der Waals surface area contributed by atoms with Gasteiger partial charge in [0.2, 0.25) is 11.8 Å². The van der Waals surface area contributed by atoms with Crippen LogP contribution in [-0.4, -0.2) is 57.4 Å². The summed E-state index contributed by atoms with van der Waals surface area (Å²) in [5.74, 6) is -1.28. The Morgan fingerprint density at radius 3 is 2.78 bits per heavy atom. The van der Waals surface area contributed by atoms with E-state index < -0.39 is 17.5 Å². The lowest BCUT2D eigenvalue weighted by molar-refractivity contribution is -0.130. The lowest BCUT2D eigenvalue weighted by Gasteiger charge is -2.27. The standard InChI is InChI=1S/C18H20F2N4O3/c1-11-21-17(22-27-11)6-8-24(12(2)25)14-5-7-23(10-14)18(26)15-4-3-13(19)9-16(15)20/h3-4,9,14H,5-8,10H2,1-2H3. The largest absolute Gasteiger partial charge is 0.340 e. The van der Waals surface area contributed by atoms with Gasteiger partial charge in [0, 0.05) is 46.0 Å². The fourth-order valence-corrected chi connectivity index (χ4v) is 3.27. The van der Waals surface area contributed by atoms with Crippen molar-refractivity contribution in [2.75, 3.05) is 19.6 Å². The molecule has 1 aliphatic heterocycles. The molecular formula is C18H20F2N4O3. The molecule has 1 unspecified atom stereocenters. The zero-order chi connectivity index (χ0) is 19.6. The summed E-state index contributed by atoms with van der Waals surface area (Å²) in [6.07, 6.45) is 1.02.